The fourth-order valence-corrected chi connectivity index (χ4v) is 2.78. The van der Waals surface area contributed by atoms with Crippen LogP contribution >= 0.6 is 11.3 Å². The molecule has 1 N–H and O–H groups in total. The average molecular weight is 323 g/mol. The number of ether oxygens (including phenoxy) is 1. The minimum atomic E-state index is 0.764. The molecule has 0 fully saturated rings. The Balaban J connectivity index is 1.68. The van der Waals surface area contributed by atoms with Gasteiger partial charge in [0.1, 0.15) is 5.75 Å². The number of anilines is 1. The molecule has 0 atom stereocenters. The van der Waals surface area contributed by atoms with Crippen LogP contribution in [0.4, 0.5) is 5.13 Å². The molecular weight excluding hydrogens is 306 g/mol. The molecular formula is C18H17N3OS. The first-order chi connectivity index (χ1) is 11.3. The van der Waals surface area contributed by atoms with E-state index < -0.39 is 0 Å². The number of methoxy groups -OCH3 is 1. The van der Waals surface area contributed by atoms with Crippen molar-refractivity contribution in [2.24, 2.45) is 5.10 Å². The number of nitrogens with one attached hydrogen (secondary N) is 1. The maximum Gasteiger partial charge on any atom is 0.203 e. The van der Waals surface area contributed by atoms with Crippen molar-refractivity contribution in [1.82, 2.24) is 4.98 Å². The maximum atomic E-state index is 5.17. The van der Waals surface area contributed by atoms with Crippen molar-refractivity contribution in [3.05, 3.63) is 65.0 Å². The summed E-state index contributed by atoms with van der Waals surface area (Å²) in [5, 5.41) is 7.03. The van der Waals surface area contributed by atoms with Gasteiger partial charge in [-0.25, -0.2) is 4.98 Å². The average Bonchev–Trinajstić information content (AvgIpc) is 3.06. The first-order valence-electron chi connectivity index (χ1n) is 7.21. The van der Waals surface area contributed by atoms with Gasteiger partial charge in [0, 0.05) is 10.9 Å². The molecule has 23 heavy (non-hydrogen) atoms. The summed E-state index contributed by atoms with van der Waals surface area (Å²) in [6.45, 7) is 2.06. The van der Waals surface area contributed by atoms with Crippen LogP contribution in [0.3, 0.4) is 0 Å². The van der Waals surface area contributed by atoms with Crippen LogP contribution in [0.1, 0.15) is 11.1 Å². The lowest BCUT2D eigenvalue weighted by atomic mass is 10.1. The van der Waals surface area contributed by atoms with E-state index in [2.05, 4.69) is 28.5 Å². The van der Waals surface area contributed by atoms with Gasteiger partial charge in [0.15, 0.2) is 0 Å². The van der Waals surface area contributed by atoms with Crippen LogP contribution in [0.2, 0.25) is 0 Å². The van der Waals surface area contributed by atoms with Crippen LogP contribution in [0.5, 0.6) is 5.75 Å². The minimum Gasteiger partial charge on any atom is -0.497 e. The Hall–Kier alpha value is -2.66. The highest BCUT2D eigenvalue weighted by Crippen LogP contribution is 2.26. The van der Waals surface area contributed by atoms with Crippen molar-refractivity contribution in [1.29, 1.82) is 0 Å². The second-order valence-corrected chi connectivity index (χ2v) is 5.85. The Morgan fingerprint density at radius 3 is 2.65 bits per heavy atom. The summed E-state index contributed by atoms with van der Waals surface area (Å²) in [5.74, 6) is 0.838. The highest BCUT2D eigenvalue weighted by molar-refractivity contribution is 7.14. The van der Waals surface area contributed by atoms with Gasteiger partial charge < -0.3 is 4.74 Å². The molecule has 0 unspecified atom stereocenters. The summed E-state index contributed by atoms with van der Waals surface area (Å²) >= 11 is 1.53. The van der Waals surface area contributed by atoms with Crippen molar-refractivity contribution in [3.63, 3.8) is 0 Å². The third kappa shape index (κ3) is 3.76. The van der Waals surface area contributed by atoms with Crippen LogP contribution in [0.15, 0.2) is 59.0 Å². The highest BCUT2D eigenvalue weighted by atomic mass is 32.1. The first-order valence-corrected chi connectivity index (χ1v) is 8.09. The Labute approximate surface area is 139 Å². The Bertz CT molecular complexity index is 809. The Morgan fingerprint density at radius 2 is 1.91 bits per heavy atom. The zero-order valence-corrected chi connectivity index (χ0v) is 13.8. The number of thiazole rings is 1. The van der Waals surface area contributed by atoms with Gasteiger partial charge in [0.05, 0.1) is 19.0 Å². The molecule has 3 aromatic rings. The summed E-state index contributed by atoms with van der Waals surface area (Å²) in [5.41, 5.74) is 7.24. The van der Waals surface area contributed by atoms with Gasteiger partial charge in [-0.15, -0.1) is 11.3 Å². The fourth-order valence-electron chi connectivity index (χ4n) is 2.11. The predicted molar refractivity (Wildman–Crippen MR) is 96.5 cm³/mol. The third-order valence-corrected chi connectivity index (χ3v) is 4.19. The second kappa shape index (κ2) is 7.07. The molecule has 0 aliphatic rings. The van der Waals surface area contributed by atoms with Crippen LogP contribution in [0.25, 0.3) is 11.3 Å². The van der Waals surface area contributed by atoms with Gasteiger partial charge in [-0.3, -0.25) is 5.43 Å². The normalized spacial score (nSPS) is 10.9. The van der Waals surface area contributed by atoms with E-state index in [0.717, 1.165) is 27.7 Å². The van der Waals surface area contributed by atoms with Gasteiger partial charge in [-0.05, 0) is 42.3 Å². The molecule has 0 spiro atoms. The van der Waals surface area contributed by atoms with Crippen LogP contribution in [-0.2, 0) is 0 Å². The van der Waals surface area contributed by atoms with Gasteiger partial charge in [0.2, 0.25) is 5.13 Å². The van der Waals surface area contributed by atoms with Crippen molar-refractivity contribution in [2.45, 2.75) is 6.92 Å². The molecule has 5 heteroatoms. The summed E-state index contributed by atoms with van der Waals surface area (Å²) < 4.78 is 5.17. The number of rotatable bonds is 5. The van der Waals surface area contributed by atoms with E-state index in [9.17, 15) is 0 Å². The van der Waals surface area contributed by atoms with Gasteiger partial charge in [-0.2, -0.15) is 5.10 Å². The van der Waals surface area contributed by atoms with E-state index in [1.807, 2.05) is 54.1 Å². The largest absolute Gasteiger partial charge is 0.497 e. The monoisotopic (exact) mass is 323 g/mol. The predicted octanol–water partition coefficient (Wildman–Crippen LogP) is 4.57. The fraction of sp³-hybridized carbons (Fsp3) is 0.111. The van der Waals surface area contributed by atoms with E-state index in [0.29, 0.717) is 0 Å². The molecule has 0 radical (unpaired) electrons. The van der Waals surface area contributed by atoms with Crippen molar-refractivity contribution >= 4 is 22.7 Å². The quantitative estimate of drug-likeness (QED) is 0.552. The zero-order chi connectivity index (χ0) is 16.1. The maximum absolute atomic E-state index is 5.17. The number of hydrazone groups is 1. The molecule has 4 nitrogen and oxygen atoms in total. The topological polar surface area (TPSA) is 46.5 Å². The van der Waals surface area contributed by atoms with Crippen LogP contribution in [0, 0.1) is 6.92 Å². The van der Waals surface area contributed by atoms with Gasteiger partial charge >= 0.3 is 0 Å². The molecule has 3 rings (SSSR count). The Kier molecular flexibility index (Phi) is 4.68. The standard InChI is InChI=1S/C18H17N3OS/c1-13-5-3-4-6-15(13)11-19-21-18-20-17(12-23-18)14-7-9-16(22-2)10-8-14/h3-12H,1-2H3,(H,20,21)/b19-11-. The van der Waals surface area contributed by atoms with Crippen molar-refractivity contribution in [2.75, 3.05) is 12.5 Å². The van der Waals surface area contributed by atoms with Gasteiger partial charge in [-0.1, -0.05) is 24.3 Å². The number of benzene rings is 2. The SMILES string of the molecule is COc1ccc(-c2csc(N/N=C\c3ccccc3C)n2)cc1. The van der Waals surface area contributed by atoms with E-state index in [1.165, 1.54) is 16.9 Å². The second-order valence-electron chi connectivity index (χ2n) is 4.99. The summed E-state index contributed by atoms with van der Waals surface area (Å²) in [6, 6.07) is 16.0. The van der Waals surface area contributed by atoms with E-state index in [4.69, 9.17) is 4.74 Å². The number of hydrogen-bond donors (Lipinski definition) is 1. The number of hydrogen-bond acceptors (Lipinski definition) is 5. The molecule has 0 saturated heterocycles. The van der Waals surface area contributed by atoms with Crippen molar-refractivity contribution < 1.29 is 4.74 Å². The summed E-state index contributed by atoms with van der Waals surface area (Å²) in [6.07, 6.45) is 1.81. The smallest absolute Gasteiger partial charge is 0.203 e. The molecule has 116 valence electrons. The Morgan fingerprint density at radius 1 is 1.13 bits per heavy atom. The van der Waals surface area contributed by atoms with Crippen molar-refractivity contribution in [3.8, 4) is 17.0 Å². The van der Waals surface area contributed by atoms with E-state index in [-0.39, 0.29) is 0 Å². The molecule has 0 bridgehead atoms. The molecule has 0 aliphatic heterocycles. The molecule has 2 aromatic carbocycles. The van der Waals surface area contributed by atoms with Crippen LogP contribution in [-0.4, -0.2) is 18.3 Å². The van der Waals surface area contributed by atoms with E-state index in [1.54, 1.807) is 7.11 Å². The lowest BCUT2D eigenvalue weighted by molar-refractivity contribution is 0.415. The number of nitrogens with zero attached hydrogens (tertiary/aromatic N) is 2. The molecule has 0 amide bonds. The van der Waals surface area contributed by atoms with E-state index >= 15 is 0 Å². The number of aromatic nitrogens is 1. The molecule has 0 aliphatic carbocycles. The summed E-state index contributed by atoms with van der Waals surface area (Å²) in [4.78, 5) is 4.54. The van der Waals surface area contributed by atoms with Gasteiger partial charge in [0.25, 0.3) is 0 Å². The van der Waals surface area contributed by atoms with Crippen LogP contribution < -0.4 is 10.2 Å². The minimum absolute atomic E-state index is 0.764. The molecule has 0 saturated carbocycles. The lowest BCUT2D eigenvalue weighted by Crippen LogP contribution is -1.92. The third-order valence-electron chi connectivity index (χ3n) is 3.44. The lowest BCUT2D eigenvalue weighted by Gasteiger charge is -2.00. The highest BCUT2D eigenvalue weighted by Gasteiger charge is 2.04. The molecule has 1 heterocycles. The molecule has 1 aromatic heterocycles. The first kappa shape index (κ1) is 15.2. The zero-order valence-electron chi connectivity index (χ0n) is 13.0. The number of aryl methyl sites for hydroxylation is 1. The summed E-state index contributed by atoms with van der Waals surface area (Å²) in [7, 11) is 1.66.